The van der Waals surface area contributed by atoms with Gasteiger partial charge in [0.25, 0.3) is 0 Å². The van der Waals surface area contributed by atoms with Gasteiger partial charge in [-0.3, -0.25) is 4.79 Å². The Kier molecular flexibility index (Phi) is 3.15. The molecule has 0 aliphatic heterocycles. The van der Waals surface area contributed by atoms with E-state index < -0.39 is 0 Å². The second-order valence-electron chi connectivity index (χ2n) is 4.38. The zero-order valence-electron chi connectivity index (χ0n) is 9.68. The van der Waals surface area contributed by atoms with Crippen LogP contribution in [0.4, 0.5) is 5.69 Å². The maximum Gasteiger partial charge on any atom is 0.231 e. The van der Waals surface area contributed by atoms with Crippen molar-refractivity contribution in [3.8, 4) is 5.75 Å². The monoisotopic (exact) mass is 232 g/mol. The van der Waals surface area contributed by atoms with E-state index >= 15 is 0 Å². The molecule has 0 saturated heterocycles. The smallest absolute Gasteiger partial charge is 0.231 e. The summed E-state index contributed by atoms with van der Waals surface area (Å²) in [5, 5.41) is 12.1. The molecule has 0 aromatic heterocycles. The summed E-state index contributed by atoms with van der Waals surface area (Å²) in [5.74, 6) is -0.00974. The number of aryl methyl sites for hydroxylation is 1. The zero-order valence-corrected chi connectivity index (χ0v) is 9.68. The lowest BCUT2D eigenvalue weighted by atomic mass is 10.1. The Morgan fingerprint density at radius 1 is 1.47 bits per heavy atom. The number of hydrogen-bond donors (Lipinski definition) is 3. The fraction of sp³-hybridized carbons (Fsp3) is 0.308. The van der Waals surface area contributed by atoms with Crippen LogP contribution in [-0.4, -0.2) is 17.1 Å². The average molecular weight is 232 g/mol. The maximum absolute atomic E-state index is 11.9. The standard InChI is InChI=1S/C13H16N2O2/c1-8-6-11(16)4-5-12(8)15-13(17)9-2-3-10(14)7-9/h2-6,9-10,16H,7,14H2,1H3,(H,15,17). The predicted molar refractivity (Wildman–Crippen MR) is 66.7 cm³/mol. The predicted octanol–water partition coefficient (Wildman–Crippen LogP) is 1.54. The number of carbonyl (C=O) groups excluding carboxylic acids is 1. The van der Waals surface area contributed by atoms with Gasteiger partial charge in [0, 0.05) is 11.7 Å². The van der Waals surface area contributed by atoms with E-state index in [4.69, 9.17) is 5.73 Å². The zero-order chi connectivity index (χ0) is 12.4. The van der Waals surface area contributed by atoms with Gasteiger partial charge in [-0.05, 0) is 37.1 Å². The fourth-order valence-corrected chi connectivity index (χ4v) is 1.94. The van der Waals surface area contributed by atoms with Crippen molar-refractivity contribution in [2.45, 2.75) is 19.4 Å². The molecule has 0 saturated carbocycles. The van der Waals surface area contributed by atoms with Crippen LogP contribution >= 0.6 is 0 Å². The van der Waals surface area contributed by atoms with Crippen LogP contribution in [0.2, 0.25) is 0 Å². The molecule has 2 rings (SSSR count). The number of rotatable bonds is 2. The lowest BCUT2D eigenvalue weighted by molar-refractivity contribution is -0.118. The largest absolute Gasteiger partial charge is 0.508 e. The van der Waals surface area contributed by atoms with Crippen molar-refractivity contribution in [2.75, 3.05) is 5.32 Å². The van der Waals surface area contributed by atoms with E-state index in [0.29, 0.717) is 6.42 Å². The molecule has 90 valence electrons. The first kappa shape index (κ1) is 11.7. The molecule has 0 heterocycles. The van der Waals surface area contributed by atoms with Gasteiger partial charge in [-0.15, -0.1) is 0 Å². The van der Waals surface area contributed by atoms with Gasteiger partial charge in [0.15, 0.2) is 0 Å². The van der Waals surface area contributed by atoms with Crippen molar-refractivity contribution >= 4 is 11.6 Å². The summed E-state index contributed by atoms with van der Waals surface area (Å²) in [6.45, 7) is 1.84. The highest BCUT2D eigenvalue weighted by molar-refractivity contribution is 5.94. The van der Waals surface area contributed by atoms with Crippen molar-refractivity contribution < 1.29 is 9.90 Å². The normalized spacial score (nSPS) is 22.7. The first-order valence-electron chi connectivity index (χ1n) is 5.60. The molecule has 1 aliphatic rings. The molecule has 1 amide bonds. The van der Waals surface area contributed by atoms with Gasteiger partial charge in [0.2, 0.25) is 5.91 Å². The Labute approximate surface area is 100 Å². The molecule has 0 bridgehead atoms. The SMILES string of the molecule is Cc1cc(O)ccc1NC(=O)C1C=CC(N)C1. The number of aromatic hydroxyl groups is 1. The van der Waals surface area contributed by atoms with Gasteiger partial charge < -0.3 is 16.2 Å². The third kappa shape index (κ3) is 2.65. The molecule has 0 radical (unpaired) electrons. The van der Waals surface area contributed by atoms with E-state index in [1.807, 2.05) is 19.1 Å². The Hall–Kier alpha value is -1.81. The van der Waals surface area contributed by atoms with Crippen molar-refractivity contribution in [1.82, 2.24) is 0 Å². The summed E-state index contributed by atoms with van der Waals surface area (Å²) in [4.78, 5) is 11.9. The molecule has 1 aromatic rings. The Morgan fingerprint density at radius 2 is 2.24 bits per heavy atom. The summed E-state index contributed by atoms with van der Waals surface area (Å²) < 4.78 is 0. The molecule has 0 spiro atoms. The summed E-state index contributed by atoms with van der Waals surface area (Å²) in [7, 11) is 0. The Bertz CT molecular complexity index is 468. The average Bonchev–Trinajstić information content (AvgIpc) is 2.69. The molecule has 1 aliphatic carbocycles. The molecular weight excluding hydrogens is 216 g/mol. The minimum Gasteiger partial charge on any atom is -0.508 e. The number of amides is 1. The van der Waals surface area contributed by atoms with Gasteiger partial charge in [-0.25, -0.2) is 0 Å². The molecule has 4 N–H and O–H groups in total. The molecule has 2 atom stereocenters. The van der Waals surface area contributed by atoms with Crippen LogP contribution in [0.15, 0.2) is 30.4 Å². The van der Waals surface area contributed by atoms with Gasteiger partial charge in [-0.2, -0.15) is 0 Å². The van der Waals surface area contributed by atoms with Crippen LogP contribution in [-0.2, 0) is 4.79 Å². The van der Waals surface area contributed by atoms with Crippen LogP contribution in [0.25, 0.3) is 0 Å². The topological polar surface area (TPSA) is 75.3 Å². The molecule has 2 unspecified atom stereocenters. The summed E-state index contributed by atoms with van der Waals surface area (Å²) >= 11 is 0. The second kappa shape index (κ2) is 4.59. The minimum absolute atomic E-state index is 0.0216. The number of nitrogens with one attached hydrogen (secondary N) is 1. The van der Waals surface area contributed by atoms with Crippen molar-refractivity contribution in [1.29, 1.82) is 0 Å². The number of phenols is 1. The number of phenolic OH excluding ortho intramolecular Hbond substituents is 1. The molecule has 1 aromatic carbocycles. The highest BCUT2D eigenvalue weighted by atomic mass is 16.3. The molecule has 17 heavy (non-hydrogen) atoms. The lowest BCUT2D eigenvalue weighted by Crippen LogP contribution is -2.24. The quantitative estimate of drug-likeness (QED) is 0.535. The van der Waals surface area contributed by atoms with Crippen molar-refractivity contribution in [2.24, 2.45) is 11.7 Å². The van der Waals surface area contributed by atoms with E-state index in [1.54, 1.807) is 18.2 Å². The number of benzene rings is 1. The first-order valence-corrected chi connectivity index (χ1v) is 5.60. The van der Waals surface area contributed by atoms with Gasteiger partial charge in [0.1, 0.15) is 5.75 Å². The van der Waals surface area contributed by atoms with E-state index in [1.165, 1.54) is 0 Å². The highest BCUT2D eigenvalue weighted by Crippen LogP contribution is 2.23. The number of carbonyl (C=O) groups is 1. The van der Waals surface area contributed by atoms with Crippen molar-refractivity contribution in [3.63, 3.8) is 0 Å². The van der Waals surface area contributed by atoms with E-state index in [2.05, 4.69) is 5.32 Å². The molecular formula is C13H16N2O2. The van der Waals surface area contributed by atoms with Crippen LogP contribution < -0.4 is 11.1 Å². The Morgan fingerprint density at radius 3 is 2.82 bits per heavy atom. The van der Waals surface area contributed by atoms with E-state index in [-0.39, 0.29) is 23.6 Å². The number of anilines is 1. The third-order valence-electron chi connectivity index (χ3n) is 2.92. The summed E-state index contributed by atoms with van der Waals surface area (Å²) in [5.41, 5.74) is 7.27. The maximum atomic E-state index is 11.9. The first-order chi connectivity index (χ1) is 8.06. The Balaban J connectivity index is 2.06. The highest BCUT2D eigenvalue weighted by Gasteiger charge is 2.22. The number of hydrogen-bond acceptors (Lipinski definition) is 3. The van der Waals surface area contributed by atoms with Crippen LogP contribution in [0.3, 0.4) is 0 Å². The van der Waals surface area contributed by atoms with Gasteiger partial charge in [-0.1, -0.05) is 12.2 Å². The fourth-order valence-electron chi connectivity index (χ4n) is 1.94. The van der Waals surface area contributed by atoms with Crippen LogP contribution in [0, 0.1) is 12.8 Å². The van der Waals surface area contributed by atoms with E-state index in [9.17, 15) is 9.90 Å². The number of nitrogens with two attached hydrogens (primary N) is 1. The molecule has 4 heteroatoms. The molecule has 0 fully saturated rings. The lowest BCUT2D eigenvalue weighted by Gasteiger charge is -2.12. The summed E-state index contributed by atoms with van der Waals surface area (Å²) in [6, 6.07) is 4.85. The minimum atomic E-state index is -0.154. The van der Waals surface area contributed by atoms with E-state index in [0.717, 1.165) is 11.3 Å². The van der Waals surface area contributed by atoms with Crippen molar-refractivity contribution in [3.05, 3.63) is 35.9 Å². The van der Waals surface area contributed by atoms with Crippen LogP contribution in [0.5, 0.6) is 5.75 Å². The molecule has 4 nitrogen and oxygen atoms in total. The van der Waals surface area contributed by atoms with Gasteiger partial charge >= 0.3 is 0 Å². The van der Waals surface area contributed by atoms with Gasteiger partial charge in [0.05, 0.1) is 5.92 Å². The van der Waals surface area contributed by atoms with Crippen LogP contribution in [0.1, 0.15) is 12.0 Å². The second-order valence-corrected chi connectivity index (χ2v) is 4.38. The summed E-state index contributed by atoms with van der Waals surface area (Å²) in [6.07, 6.45) is 4.35. The third-order valence-corrected chi connectivity index (χ3v) is 2.92.